The molecular formula is C16H14N6O5S4. The number of hydrogen-bond acceptors (Lipinski definition) is 12. The summed E-state index contributed by atoms with van der Waals surface area (Å²) in [5, 5.41) is 24.9. The smallest absolute Gasteiger partial charge is 0.352 e. The molecular weight excluding hydrogens is 484 g/mol. The third-order valence-corrected chi connectivity index (χ3v) is 8.19. The number of amides is 2. The van der Waals surface area contributed by atoms with Gasteiger partial charge in [-0.2, -0.15) is 0 Å². The molecule has 4 rings (SSSR count). The number of thioether (sulfide) groups is 2. The van der Waals surface area contributed by atoms with Crippen molar-refractivity contribution in [2.24, 2.45) is 5.16 Å². The van der Waals surface area contributed by atoms with Gasteiger partial charge in [0.25, 0.3) is 11.8 Å². The Morgan fingerprint density at radius 1 is 1.45 bits per heavy atom. The van der Waals surface area contributed by atoms with Crippen LogP contribution in [0.5, 0.6) is 0 Å². The second-order valence-electron chi connectivity index (χ2n) is 6.11. The van der Waals surface area contributed by atoms with Crippen LogP contribution in [0.4, 0.5) is 0 Å². The molecule has 4 heterocycles. The van der Waals surface area contributed by atoms with E-state index in [2.05, 4.69) is 25.7 Å². The van der Waals surface area contributed by atoms with Gasteiger partial charge >= 0.3 is 5.97 Å². The quantitative estimate of drug-likeness (QED) is 0.233. The molecule has 31 heavy (non-hydrogen) atoms. The van der Waals surface area contributed by atoms with Crippen molar-refractivity contribution in [1.82, 2.24) is 25.4 Å². The molecule has 1 unspecified atom stereocenters. The number of fused-ring (bicyclic) bond motifs is 1. The predicted octanol–water partition coefficient (Wildman–Crippen LogP) is 0.876. The van der Waals surface area contributed by atoms with Crippen LogP contribution in [0.1, 0.15) is 5.69 Å². The summed E-state index contributed by atoms with van der Waals surface area (Å²) in [6.07, 6.45) is 0. The molecule has 2 aliphatic heterocycles. The molecule has 2 atom stereocenters. The minimum atomic E-state index is -1.18. The Morgan fingerprint density at radius 3 is 2.94 bits per heavy atom. The van der Waals surface area contributed by atoms with Gasteiger partial charge in [0, 0.05) is 16.9 Å². The second-order valence-corrected chi connectivity index (χ2v) is 9.99. The van der Waals surface area contributed by atoms with Gasteiger partial charge in [0.2, 0.25) is 0 Å². The van der Waals surface area contributed by atoms with Crippen LogP contribution in [-0.2, 0) is 19.2 Å². The van der Waals surface area contributed by atoms with Gasteiger partial charge in [-0.3, -0.25) is 14.5 Å². The van der Waals surface area contributed by atoms with E-state index in [0.717, 1.165) is 4.34 Å². The average molecular weight is 499 g/mol. The van der Waals surface area contributed by atoms with E-state index in [1.165, 1.54) is 58.2 Å². The van der Waals surface area contributed by atoms with Gasteiger partial charge in [0.15, 0.2) is 10.1 Å². The van der Waals surface area contributed by atoms with Gasteiger partial charge in [0.05, 0.1) is 5.51 Å². The number of carboxylic acid groups (broad SMARTS) is 1. The third-order valence-electron chi connectivity index (χ3n) is 4.32. The Bertz CT molecular complexity index is 1050. The van der Waals surface area contributed by atoms with Gasteiger partial charge in [0.1, 0.15) is 35.4 Å². The molecule has 0 bridgehead atoms. The molecule has 0 aliphatic carbocycles. The van der Waals surface area contributed by atoms with Crippen molar-refractivity contribution in [3.63, 3.8) is 0 Å². The first-order valence-electron chi connectivity index (χ1n) is 8.60. The van der Waals surface area contributed by atoms with Crippen molar-refractivity contribution >= 4 is 69.7 Å². The van der Waals surface area contributed by atoms with Crippen molar-refractivity contribution in [3.8, 4) is 0 Å². The van der Waals surface area contributed by atoms with E-state index in [1.807, 2.05) is 0 Å². The number of rotatable bonds is 8. The topological polar surface area (TPSA) is 147 Å². The number of aliphatic carboxylic acids is 1. The zero-order valence-corrected chi connectivity index (χ0v) is 19.0. The molecule has 2 aromatic rings. The molecule has 162 valence electrons. The summed E-state index contributed by atoms with van der Waals surface area (Å²) in [6, 6.07) is -0.870. The second kappa shape index (κ2) is 9.33. The van der Waals surface area contributed by atoms with E-state index in [9.17, 15) is 19.5 Å². The van der Waals surface area contributed by atoms with E-state index < -0.39 is 29.2 Å². The first kappa shape index (κ1) is 21.7. The summed E-state index contributed by atoms with van der Waals surface area (Å²) >= 11 is 5.41. The Labute approximate surface area is 192 Å². The van der Waals surface area contributed by atoms with Crippen LogP contribution >= 0.6 is 46.2 Å². The Balaban J connectivity index is 1.49. The van der Waals surface area contributed by atoms with Crippen molar-refractivity contribution < 1.29 is 24.3 Å². The summed E-state index contributed by atoms with van der Waals surface area (Å²) in [4.78, 5) is 47.4. The standard InChI is InChI=1S/C16H14N6O5S4/c1-27-21-9(8-4-28-5-17-8)12(23)19-10-13(24)22-11(15(25)26)7(2-29-14(10)22)3-30-16-20-18-6-31-16/h4-6,10,14H,2-3H2,1H3,(H,19,23)(H,25,26)/t10?,14-/m1/s1. The number of hydrogen-bond donors (Lipinski definition) is 2. The van der Waals surface area contributed by atoms with Crippen LogP contribution in [0.15, 0.2) is 37.2 Å². The zero-order valence-electron chi connectivity index (χ0n) is 15.8. The fourth-order valence-electron chi connectivity index (χ4n) is 3.00. The lowest BCUT2D eigenvalue weighted by Crippen LogP contribution is -2.71. The molecule has 0 radical (unpaired) electrons. The van der Waals surface area contributed by atoms with Crippen molar-refractivity contribution in [3.05, 3.63) is 33.4 Å². The Kier molecular flexibility index (Phi) is 6.54. The van der Waals surface area contributed by atoms with E-state index in [1.54, 1.807) is 16.4 Å². The summed E-state index contributed by atoms with van der Waals surface area (Å²) in [5.74, 6) is -1.49. The first-order valence-corrected chi connectivity index (χ1v) is 12.5. The molecule has 0 spiro atoms. The molecule has 0 aromatic carbocycles. The molecule has 2 aromatic heterocycles. The molecule has 1 fully saturated rings. The number of nitrogens with one attached hydrogen (secondary N) is 1. The van der Waals surface area contributed by atoms with Crippen LogP contribution in [0.2, 0.25) is 0 Å². The molecule has 0 saturated carbocycles. The SMILES string of the molecule is CON=C(C(=O)NC1C(=O)N2C(C(=O)O)=C(CSc3nncs3)CS[C@H]12)c1cscn1. The maximum absolute atomic E-state index is 12.8. The highest BCUT2D eigenvalue weighted by Gasteiger charge is 2.54. The zero-order chi connectivity index (χ0) is 22.0. The lowest BCUT2D eigenvalue weighted by Gasteiger charge is -2.49. The molecule has 2 amide bonds. The number of carbonyl (C=O) groups excluding carboxylic acids is 2. The average Bonchev–Trinajstić information content (AvgIpc) is 3.47. The maximum atomic E-state index is 12.8. The van der Waals surface area contributed by atoms with Gasteiger partial charge in [-0.05, 0) is 5.57 Å². The number of nitrogens with zero attached hydrogens (tertiary/aromatic N) is 5. The van der Waals surface area contributed by atoms with E-state index in [-0.39, 0.29) is 11.4 Å². The van der Waals surface area contributed by atoms with Crippen LogP contribution in [0.3, 0.4) is 0 Å². The lowest BCUT2D eigenvalue weighted by atomic mass is 10.0. The summed E-state index contributed by atoms with van der Waals surface area (Å²) in [7, 11) is 1.30. The number of oxime groups is 1. The monoisotopic (exact) mass is 498 g/mol. The lowest BCUT2D eigenvalue weighted by molar-refractivity contribution is -0.150. The van der Waals surface area contributed by atoms with Crippen LogP contribution in [-0.4, -0.2) is 78.7 Å². The number of carbonyl (C=O) groups is 3. The number of carboxylic acids is 1. The molecule has 2 N–H and O–H groups in total. The highest BCUT2D eigenvalue weighted by Crippen LogP contribution is 2.41. The van der Waals surface area contributed by atoms with Gasteiger partial charge in [-0.1, -0.05) is 28.3 Å². The normalized spacial score (nSPS) is 20.9. The number of β-lactam (4-membered cyclic amide) rings is 1. The van der Waals surface area contributed by atoms with Crippen molar-refractivity contribution in [2.45, 2.75) is 15.8 Å². The Hall–Kier alpha value is -2.49. The van der Waals surface area contributed by atoms with E-state index in [0.29, 0.717) is 22.8 Å². The molecule has 1 saturated heterocycles. The fraction of sp³-hybridized carbons (Fsp3) is 0.312. The highest BCUT2D eigenvalue weighted by molar-refractivity contribution is 8.01. The largest absolute Gasteiger partial charge is 0.477 e. The van der Waals surface area contributed by atoms with Gasteiger partial charge in [-0.25, -0.2) is 9.78 Å². The van der Waals surface area contributed by atoms with E-state index >= 15 is 0 Å². The predicted molar refractivity (Wildman–Crippen MR) is 116 cm³/mol. The maximum Gasteiger partial charge on any atom is 0.352 e. The van der Waals surface area contributed by atoms with Crippen LogP contribution in [0.25, 0.3) is 0 Å². The van der Waals surface area contributed by atoms with Gasteiger partial charge < -0.3 is 15.3 Å². The highest BCUT2D eigenvalue weighted by atomic mass is 32.2. The molecule has 15 heteroatoms. The van der Waals surface area contributed by atoms with Crippen LogP contribution < -0.4 is 5.32 Å². The summed E-state index contributed by atoms with van der Waals surface area (Å²) in [6.45, 7) is 0. The minimum Gasteiger partial charge on any atom is -0.477 e. The van der Waals surface area contributed by atoms with Gasteiger partial charge in [-0.15, -0.1) is 33.3 Å². The van der Waals surface area contributed by atoms with Crippen molar-refractivity contribution in [1.29, 1.82) is 0 Å². The first-order chi connectivity index (χ1) is 15.0. The van der Waals surface area contributed by atoms with Crippen molar-refractivity contribution in [2.75, 3.05) is 18.6 Å². The molecule has 11 nitrogen and oxygen atoms in total. The minimum absolute atomic E-state index is 0.0402. The summed E-state index contributed by atoms with van der Waals surface area (Å²) < 4.78 is 0.719. The summed E-state index contributed by atoms with van der Waals surface area (Å²) in [5.41, 5.74) is 3.99. The number of aromatic nitrogens is 3. The van der Waals surface area contributed by atoms with Crippen LogP contribution in [0, 0.1) is 0 Å². The van der Waals surface area contributed by atoms with E-state index in [4.69, 9.17) is 4.84 Å². The number of thiazole rings is 1. The fourth-order valence-corrected chi connectivity index (χ4v) is 6.51. The Morgan fingerprint density at radius 2 is 2.29 bits per heavy atom. The third kappa shape index (κ3) is 4.30. The molecule has 2 aliphatic rings.